The third kappa shape index (κ3) is 2.64. The summed E-state index contributed by atoms with van der Waals surface area (Å²) in [5, 5.41) is 0. The van der Waals surface area contributed by atoms with E-state index in [0.29, 0.717) is 6.04 Å². The van der Waals surface area contributed by atoms with Gasteiger partial charge in [-0.15, -0.1) is 0 Å². The van der Waals surface area contributed by atoms with E-state index < -0.39 is 0 Å². The lowest BCUT2D eigenvalue weighted by molar-refractivity contribution is 0.175. The summed E-state index contributed by atoms with van der Waals surface area (Å²) in [6.07, 6.45) is 1.14. The van der Waals surface area contributed by atoms with Gasteiger partial charge in [0.2, 0.25) is 0 Å². The molecule has 98 valence electrons. The first-order chi connectivity index (χ1) is 9.22. The summed E-state index contributed by atoms with van der Waals surface area (Å²) in [7, 11) is 0. The van der Waals surface area contributed by atoms with Crippen molar-refractivity contribution in [3.05, 3.63) is 65.2 Å². The van der Waals surface area contributed by atoms with E-state index in [4.69, 9.17) is 5.73 Å². The van der Waals surface area contributed by atoms with Crippen LogP contribution in [0.3, 0.4) is 0 Å². The molecule has 0 spiro atoms. The highest BCUT2D eigenvalue weighted by atomic mass is 15.2. The Labute approximate surface area is 114 Å². The highest BCUT2D eigenvalue weighted by Gasteiger charge is 2.22. The maximum atomic E-state index is 5.86. The minimum Gasteiger partial charge on any atom is -0.399 e. The van der Waals surface area contributed by atoms with E-state index in [2.05, 4.69) is 48.2 Å². The van der Waals surface area contributed by atoms with E-state index in [1.54, 1.807) is 0 Å². The second-order valence-electron chi connectivity index (χ2n) is 5.47. The third-order valence-corrected chi connectivity index (χ3v) is 3.97. The fourth-order valence-electron chi connectivity index (χ4n) is 2.87. The molecule has 1 aliphatic heterocycles. The first kappa shape index (κ1) is 12.2. The van der Waals surface area contributed by atoms with Crippen molar-refractivity contribution in [3.63, 3.8) is 0 Å². The van der Waals surface area contributed by atoms with E-state index in [-0.39, 0.29) is 0 Å². The highest BCUT2D eigenvalue weighted by molar-refractivity contribution is 5.40. The van der Waals surface area contributed by atoms with Gasteiger partial charge in [0, 0.05) is 24.8 Å². The van der Waals surface area contributed by atoms with Crippen LogP contribution in [0.4, 0.5) is 5.69 Å². The molecule has 0 saturated carbocycles. The van der Waals surface area contributed by atoms with Crippen molar-refractivity contribution in [2.75, 3.05) is 5.73 Å². The Hall–Kier alpha value is -1.80. The number of fused-ring (bicyclic) bond motifs is 1. The van der Waals surface area contributed by atoms with Gasteiger partial charge in [-0.2, -0.15) is 0 Å². The molecule has 0 fully saturated rings. The van der Waals surface area contributed by atoms with Crippen LogP contribution in [0, 0.1) is 0 Å². The second-order valence-corrected chi connectivity index (χ2v) is 5.47. The number of nitrogens with two attached hydrogens (primary N) is 1. The molecule has 2 nitrogen and oxygen atoms in total. The van der Waals surface area contributed by atoms with E-state index in [1.807, 2.05) is 12.1 Å². The second kappa shape index (κ2) is 5.06. The normalized spacial score (nSPS) is 19.1. The third-order valence-electron chi connectivity index (χ3n) is 3.97. The lowest BCUT2D eigenvalue weighted by Gasteiger charge is -2.35. The average molecular weight is 252 g/mol. The number of hydrogen-bond acceptors (Lipinski definition) is 2. The van der Waals surface area contributed by atoms with E-state index in [0.717, 1.165) is 25.2 Å². The number of hydrogen-bond donors (Lipinski definition) is 1. The molecule has 1 atom stereocenters. The zero-order valence-corrected chi connectivity index (χ0v) is 11.3. The van der Waals surface area contributed by atoms with Gasteiger partial charge < -0.3 is 5.73 Å². The minimum absolute atomic E-state index is 0.580. The number of anilines is 1. The van der Waals surface area contributed by atoms with Gasteiger partial charge in [-0.25, -0.2) is 0 Å². The van der Waals surface area contributed by atoms with Crippen LogP contribution in [0.15, 0.2) is 48.5 Å². The summed E-state index contributed by atoms with van der Waals surface area (Å²) in [5.74, 6) is 0. The fraction of sp³-hybridized carbons (Fsp3) is 0.294. The first-order valence-corrected chi connectivity index (χ1v) is 6.87. The smallest absolute Gasteiger partial charge is 0.0317 e. The van der Waals surface area contributed by atoms with Crippen molar-refractivity contribution in [3.8, 4) is 0 Å². The zero-order valence-electron chi connectivity index (χ0n) is 11.3. The van der Waals surface area contributed by atoms with Crippen LogP contribution in [0.2, 0.25) is 0 Å². The number of rotatable bonds is 2. The first-order valence-electron chi connectivity index (χ1n) is 6.87. The molecule has 19 heavy (non-hydrogen) atoms. The number of nitrogen functional groups attached to an aromatic ring is 1. The summed E-state index contributed by atoms with van der Waals surface area (Å²) >= 11 is 0. The van der Waals surface area contributed by atoms with Crippen LogP contribution in [0.1, 0.15) is 23.6 Å². The Kier molecular flexibility index (Phi) is 3.26. The molecule has 1 heterocycles. The average Bonchev–Trinajstić information content (AvgIpc) is 2.40. The molecule has 1 aliphatic rings. The Balaban J connectivity index is 1.79. The fourth-order valence-corrected chi connectivity index (χ4v) is 2.87. The van der Waals surface area contributed by atoms with Gasteiger partial charge in [0.15, 0.2) is 0 Å². The van der Waals surface area contributed by atoms with Crippen molar-refractivity contribution in [2.24, 2.45) is 0 Å². The van der Waals surface area contributed by atoms with E-state index in [9.17, 15) is 0 Å². The van der Waals surface area contributed by atoms with Crippen molar-refractivity contribution >= 4 is 5.69 Å². The van der Waals surface area contributed by atoms with Crippen molar-refractivity contribution in [1.82, 2.24) is 4.90 Å². The molecule has 2 aromatic rings. The Bertz CT molecular complexity index is 577. The molecule has 0 bridgehead atoms. The van der Waals surface area contributed by atoms with Crippen molar-refractivity contribution < 1.29 is 0 Å². The van der Waals surface area contributed by atoms with Crippen LogP contribution in [-0.2, 0) is 19.5 Å². The van der Waals surface area contributed by atoms with E-state index >= 15 is 0 Å². The molecule has 0 amide bonds. The summed E-state index contributed by atoms with van der Waals surface area (Å²) in [6, 6.07) is 17.6. The molecular formula is C17H20N2. The standard InChI is InChI=1S/C17H20N2/c1-13-9-15-6-2-3-7-16(15)12-19(13)11-14-5-4-8-17(18)10-14/h2-8,10,13H,9,11-12,18H2,1H3. The summed E-state index contributed by atoms with van der Waals surface area (Å²) in [4.78, 5) is 2.52. The lowest BCUT2D eigenvalue weighted by atomic mass is 9.94. The predicted octanol–water partition coefficient (Wildman–Crippen LogP) is 3.22. The van der Waals surface area contributed by atoms with Gasteiger partial charge in [0.25, 0.3) is 0 Å². The van der Waals surface area contributed by atoms with Gasteiger partial charge in [0.05, 0.1) is 0 Å². The van der Waals surface area contributed by atoms with Crippen LogP contribution in [0.5, 0.6) is 0 Å². The summed E-state index contributed by atoms with van der Waals surface area (Å²) in [5.41, 5.74) is 11.0. The minimum atomic E-state index is 0.580. The van der Waals surface area contributed by atoms with Gasteiger partial charge in [0.1, 0.15) is 0 Å². The largest absolute Gasteiger partial charge is 0.399 e. The van der Waals surface area contributed by atoms with Gasteiger partial charge in [-0.1, -0.05) is 36.4 Å². The Morgan fingerprint density at radius 2 is 1.89 bits per heavy atom. The summed E-state index contributed by atoms with van der Waals surface area (Å²) < 4.78 is 0. The molecule has 3 rings (SSSR count). The van der Waals surface area contributed by atoms with Gasteiger partial charge in [-0.05, 0) is 42.2 Å². The van der Waals surface area contributed by atoms with E-state index in [1.165, 1.54) is 16.7 Å². The molecule has 0 aliphatic carbocycles. The molecular weight excluding hydrogens is 232 g/mol. The van der Waals surface area contributed by atoms with Crippen LogP contribution < -0.4 is 5.73 Å². The van der Waals surface area contributed by atoms with Crippen molar-refractivity contribution in [1.29, 1.82) is 0 Å². The lowest BCUT2D eigenvalue weighted by Crippen LogP contribution is -2.37. The zero-order chi connectivity index (χ0) is 13.2. The maximum absolute atomic E-state index is 5.86. The van der Waals surface area contributed by atoms with Crippen LogP contribution >= 0.6 is 0 Å². The highest BCUT2D eigenvalue weighted by Crippen LogP contribution is 2.24. The van der Waals surface area contributed by atoms with Gasteiger partial charge >= 0.3 is 0 Å². The molecule has 0 aromatic heterocycles. The SMILES string of the molecule is CC1Cc2ccccc2CN1Cc1cccc(N)c1. The number of nitrogens with zero attached hydrogens (tertiary/aromatic N) is 1. The monoisotopic (exact) mass is 252 g/mol. The topological polar surface area (TPSA) is 29.3 Å². The molecule has 0 saturated heterocycles. The molecule has 0 radical (unpaired) electrons. The maximum Gasteiger partial charge on any atom is 0.0317 e. The molecule has 1 unspecified atom stereocenters. The summed E-state index contributed by atoms with van der Waals surface area (Å²) in [6.45, 7) is 4.31. The Morgan fingerprint density at radius 1 is 1.11 bits per heavy atom. The quantitative estimate of drug-likeness (QED) is 0.832. The Morgan fingerprint density at radius 3 is 2.68 bits per heavy atom. The molecule has 2 aromatic carbocycles. The van der Waals surface area contributed by atoms with Gasteiger partial charge in [-0.3, -0.25) is 4.90 Å². The van der Waals surface area contributed by atoms with Crippen LogP contribution in [-0.4, -0.2) is 10.9 Å². The number of benzene rings is 2. The van der Waals surface area contributed by atoms with Crippen LogP contribution in [0.25, 0.3) is 0 Å². The van der Waals surface area contributed by atoms with Crippen molar-refractivity contribution in [2.45, 2.75) is 32.5 Å². The predicted molar refractivity (Wildman–Crippen MR) is 79.7 cm³/mol. The molecule has 2 heteroatoms. The molecule has 2 N–H and O–H groups in total.